The summed E-state index contributed by atoms with van der Waals surface area (Å²) in [6.07, 6.45) is 1.86. The molecule has 0 amide bonds. The molecule has 2 aromatic rings. The van der Waals surface area contributed by atoms with Crippen LogP contribution in [0, 0.1) is 9.62 Å². The lowest BCUT2D eigenvalue weighted by Gasteiger charge is -2.17. The average molecular weight is 459 g/mol. The molecule has 0 N–H and O–H groups in total. The van der Waals surface area contributed by atoms with Gasteiger partial charge < -0.3 is 14.2 Å². The highest BCUT2D eigenvalue weighted by molar-refractivity contribution is 14.1. The molecule has 1 aliphatic rings. The van der Waals surface area contributed by atoms with Gasteiger partial charge in [0, 0.05) is 5.41 Å². The van der Waals surface area contributed by atoms with Gasteiger partial charge in [-0.25, -0.2) is 9.50 Å². The highest BCUT2D eigenvalue weighted by Gasteiger charge is 2.52. The summed E-state index contributed by atoms with van der Waals surface area (Å²) in [4.78, 5) is 28.6. The Kier molecular flexibility index (Phi) is 4.85. The number of esters is 2. The maximum Gasteiger partial charge on any atom is 0.320 e. The molecule has 9 heteroatoms. The topological polar surface area (TPSA) is 92.0 Å². The molecule has 0 bridgehead atoms. The van der Waals surface area contributed by atoms with Crippen LogP contribution in [0.4, 0.5) is 0 Å². The van der Waals surface area contributed by atoms with E-state index in [1.807, 2.05) is 12.1 Å². The van der Waals surface area contributed by atoms with Crippen molar-refractivity contribution in [3.8, 4) is 5.75 Å². The van der Waals surface area contributed by atoms with Gasteiger partial charge in [-0.1, -0.05) is 0 Å². The van der Waals surface area contributed by atoms with Crippen LogP contribution >= 0.6 is 22.6 Å². The van der Waals surface area contributed by atoms with E-state index >= 15 is 0 Å². The zero-order valence-electron chi connectivity index (χ0n) is 14.1. The molecule has 8 nitrogen and oxygen atoms in total. The van der Waals surface area contributed by atoms with Crippen LogP contribution in [0.2, 0.25) is 0 Å². The molecular weight excluding hydrogens is 441 g/mol. The van der Waals surface area contributed by atoms with Crippen LogP contribution in [0.25, 0.3) is 5.65 Å². The molecule has 0 aliphatic heterocycles. The summed E-state index contributed by atoms with van der Waals surface area (Å²) in [6.45, 7) is 0. The monoisotopic (exact) mass is 459 g/mol. The summed E-state index contributed by atoms with van der Waals surface area (Å²) < 4.78 is 17.4. The van der Waals surface area contributed by atoms with Crippen molar-refractivity contribution in [2.24, 2.45) is 5.92 Å². The van der Waals surface area contributed by atoms with Gasteiger partial charge in [-0.3, -0.25) is 9.59 Å². The minimum atomic E-state index is -0.981. The summed E-state index contributed by atoms with van der Waals surface area (Å²) in [5.41, 5.74) is 0.191. The van der Waals surface area contributed by atoms with E-state index < -0.39 is 23.3 Å². The molecule has 1 fully saturated rings. The Morgan fingerprint density at radius 3 is 2.40 bits per heavy atom. The SMILES string of the molecule is COC(=O)C(CC1(c2nc3c(OC)ccc(I)n3n2)CC1)C(=O)OC. The predicted octanol–water partition coefficient (Wildman–Crippen LogP) is 1.73. The van der Waals surface area contributed by atoms with E-state index in [-0.39, 0.29) is 6.42 Å². The summed E-state index contributed by atoms with van der Waals surface area (Å²) >= 11 is 2.17. The van der Waals surface area contributed by atoms with Gasteiger partial charge in [-0.15, -0.1) is 5.10 Å². The summed E-state index contributed by atoms with van der Waals surface area (Å²) in [6, 6.07) is 3.72. The van der Waals surface area contributed by atoms with Gasteiger partial charge >= 0.3 is 11.9 Å². The molecule has 134 valence electrons. The third-order valence-electron chi connectivity index (χ3n) is 4.52. The molecule has 0 radical (unpaired) electrons. The second kappa shape index (κ2) is 6.77. The number of hydrogen-bond acceptors (Lipinski definition) is 7. The van der Waals surface area contributed by atoms with Crippen LogP contribution in [0.15, 0.2) is 12.1 Å². The number of rotatable bonds is 6. The fraction of sp³-hybridized carbons (Fsp3) is 0.500. The molecule has 0 saturated heterocycles. The first-order valence-electron chi connectivity index (χ1n) is 7.71. The molecule has 25 heavy (non-hydrogen) atoms. The van der Waals surface area contributed by atoms with Gasteiger partial charge in [0.25, 0.3) is 0 Å². The maximum atomic E-state index is 12.0. The Bertz CT molecular complexity index is 815. The Labute approximate surface area is 158 Å². The lowest BCUT2D eigenvalue weighted by Crippen LogP contribution is -2.30. The summed E-state index contributed by atoms with van der Waals surface area (Å²) in [5, 5.41) is 4.59. The standard InChI is InChI=1S/C16H18IN3O5/c1-23-10-4-5-11(17)20-12(10)18-15(19-20)16(6-7-16)8-9(13(21)24-2)14(22)25-3/h4-5,9H,6-8H2,1-3H3. The molecule has 2 aromatic heterocycles. The number of carbonyl (C=O) groups is 2. The van der Waals surface area contributed by atoms with E-state index in [0.29, 0.717) is 17.2 Å². The minimum absolute atomic E-state index is 0.266. The van der Waals surface area contributed by atoms with Crippen LogP contribution in [-0.2, 0) is 24.5 Å². The average Bonchev–Trinajstić information content (AvgIpc) is 3.27. The van der Waals surface area contributed by atoms with Crippen LogP contribution in [0.1, 0.15) is 25.1 Å². The van der Waals surface area contributed by atoms with Crippen molar-refractivity contribution in [2.45, 2.75) is 24.7 Å². The highest BCUT2D eigenvalue weighted by atomic mass is 127. The molecule has 2 heterocycles. The van der Waals surface area contributed by atoms with E-state index in [2.05, 4.69) is 32.7 Å². The van der Waals surface area contributed by atoms with Gasteiger partial charge in [-0.05, 0) is 54.0 Å². The van der Waals surface area contributed by atoms with Gasteiger partial charge in [0.15, 0.2) is 23.1 Å². The third kappa shape index (κ3) is 3.16. The maximum absolute atomic E-state index is 12.0. The quantitative estimate of drug-likeness (QED) is 0.281. The number of methoxy groups -OCH3 is 3. The zero-order valence-corrected chi connectivity index (χ0v) is 16.3. The molecule has 1 aliphatic carbocycles. The lowest BCUT2D eigenvalue weighted by atomic mass is 9.91. The van der Waals surface area contributed by atoms with Crippen LogP contribution in [0.5, 0.6) is 5.75 Å². The first-order chi connectivity index (χ1) is 12.0. The van der Waals surface area contributed by atoms with E-state index in [1.54, 1.807) is 11.6 Å². The van der Waals surface area contributed by atoms with E-state index in [0.717, 1.165) is 16.5 Å². The number of fused-ring (bicyclic) bond motifs is 1. The summed E-state index contributed by atoms with van der Waals surface area (Å²) in [5.74, 6) is -0.964. The number of halogens is 1. The minimum Gasteiger partial charge on any atom is -0.493 e. The molecule has 1 saturated carbocycles. The van der Waals surface area contributed by atoms with E-state index in [1.165, 1.54) is 14.2 Å². The van der Waals surface area contributed by atoms with Crippen molar-refractivity contribution in [1.82, 2.24) is 14.6 Å². The summed E-state index contributed by atoms with van der Waals surface area (Å²) in [7, 11) is 4.09. The first-order valence-corrected chi connectivity index (χ1v) is 8.79. The largest absolute Gasteiger partial charge is 0.493 e. The number of nitrogens with zero attached hydrogens (tertiary/aromatic N) is 3. The highest BCUT2D eigenvalue weighted by Crippen LogP contribution is 2.52. The van der Waals surface area contributed by atoms with Crippen molar-refractivity contribution >= 4 is 40.2 Å². The Balaban J connectivity index is 1.98. The smallest absolute Gasteiger partial charge is 0.320 e. The van der Waals surface area contributed by atoms with Crippen molar-refractivity contribution in [2.75, 3.05) is 21.3 Å². The molecule has 0 atom stereocenters. The van der Waals surface area contributed by atoms with Crippen molar-refractivity contribution in [1.29, 1.82) is 0 Å². The molecule has 3 rings (SSSR count). The fourth-order valence-electron chi connectivity index (χ4n) is 2.90. The van der Waals surface area contributed by atoms with E-state index in [4.69, 9.17) is 14.2 Å². The Morgan fingerprint density at radius 1 is 1.24 bits per heavy atom. The number of carbonyl (C=O) groups excluding carboxylic acids is 2. The van der Waals surface area contributed by atoms with Gasteiger partial charge in [0.1, 0.15) is 3.70 Å². The van der Waals surface area contributed by atoms with Crippen LogP contribution < -0.4 is 4.74 Å². The normalized spacial score (nSPS) is 15.2. The van der Waals surface area contributed by atoms with Crippen molar-refractivity contribution in [3.05, 3.63) is 21.7 Å². The fourth-order valence-corrected chi connectivity index (χ4v) is 3.42. The molecule has 0 aromatic carbocycles. The van der Waals surface area contributed by atoms with Crippen LogP contribution in [-0.4, -0.2) is 47.9 Å². The zero-order chi connectivity index (χ0) is 18.2. The number of hydrogen-bond donors (Lipinski definition) is 0. The molecule has 0 unspecified atom stereocenters. The van der Waals surface area contributed by atoms with E-state index in [9.17, 15) is 9.59 Å². The predicted molar refractivity (Wildman–Crippen MR) is 95.3 cm³/mol. The number of pyridine rings is 1. The number of aromatic nitrogens is 3. The van der Waals surface area contributed by atoms with Crippen molar-refractivity contribution < 1.29 is 23.8 Å². The van der Waals surface area contributed by atoms with Gasteiger partial charge in [-0.2, -0.15) is 0 Å². The first kappa shape index (κ1) is 17.9. The second-order valence-electron chi connectivity index (χ2n) is 5.98. The molecular formula is C16H18IN3O5. The Hall–Kier alpha value is -1.91. The Morgan fingerprint density at radius 2 is 1.88 bits per heavy atom. The molecule has 0 spiro atoms. The van der Waals surface area contributed by atoms with Gasteiger partial charge in [0.05, 0.1) is 21.3 Å². The van der Waals surface area contributed by atoms with Crippen molar-refractivity contribution in [3.63, 3.8) is 0 Å². The second-order valence-corrected chi connectivity index (χ2v) is 7.08. The number of ether oxygens (including phenoxy) is 3. The van der Waals surface area contributed by atoms with Crippen LogP contribution in [0.3, 0.4) is 0 Å². The van der Waals surface area contributed by atoms with Gasteiger partial charge in [0.2, 0.25) is 0 Å². The third-order valence-corrected chi connectivity index (χ3v) is 5.33. The lowest BCUT2D eigenvalue weighted by molar-refractivity contribution is -0.159.